The van der Waals surface area contributed by atoms with Crippen molar-refractivity contribution in [2.24, 2.45) is 13.0 Å². The van der Waals surface area contributed by atoms with E-state index in [1.165, 1.54) is 14.7 Å². The van der Waals surface area contributed by atoms with Gasteiger partial charge in [-0.2, -0.15) is 4.98 Å². The lowest BCUT2D eigenvalue weighted by Gasteiger charge is -2.33. The Morgan fingerprint density at radius 1 is 1.06 bits per heavy atom. The molecule has 0 N–H and O–H groups in total. The van der Waals surface area contributed by atoms with E-state index >= 15 is 0 Å². The zero-order valence-corrected chi connectivity index (χ0v) is 19.0. The van der Waals surface area contributed by atoms with Gasteiger partial charge in [-0.3, -0.25) is 13.9 Å². The zero-order valence-electron chi connectivity index (χ0n) is 18.2. The molecule has 0 radical (unpaired) electrons. The van der Waals surface area contributed by atoms with Crippen LogP contribution in [0.25, 0.3) is 11.2 Å². The molecular formula is C24H24ClN5O2. The molecule has 0 bridgehead atoms. The molecule has 1 aliphatic heterocycles. The number of hydrogen-bond donors (Lipinski definition) is 0. The minimum absolute atomic E-state index is 0.110. The summed E-state index contributed by atoms with van der Waals surface area (Å²) in [6.45, 7) is 5.76. The van der Waals surface area contributed by atoms with Crippen LogP contribution in [0, 0.1) is 12.8 Å². The van der Waals surface area contributed by atoms with Crippen molar-refractivity contribution in [1.82, 2.24) is 18.7 Å². The van der Waals surface area contributed by atoms with Gasteiger partial charge in [0, 0.05) is 30.8 Å². The van der Waals surface area contributed by atoms with Crippen molar-refractivity contribution >= 4 is 34.4 Å². The molecule has 7 nitrogen and oxygen atoms in total. The van der Waals surface area contributed by atoms with Crippen LogP contribution < -0.4 is 16.1 Å². The van der Waals surface area contributed by atoms with Gasteiger partial charge in [0.05, 0.1) is 6.54 Å². The lowest BCUT2D eigenvalue weighted by molar-refractivity contribution is 0.458. The molecule has 0 amide bonds. The van der Waals surface area contributed by atoms with E-state index < -0.39 is 5.69 Å². The van der Waals surface area contributed by atoms with Crippen LogP contribution in [0.2, 0.25) is 5.02 Å². The third-order valence-electron chi connectivity index (χ3n) is 6.07. The van der Waals surface area contributed by atoms with Crippen LogP contribution >= 0.6 is 11.6 Å². The number of aryl methyl sites for hydroxylation is 2. The Hall–Kier alpha value is -3.32. The van der Waals surface area contributed by atoms with E-state index in [-0.39, 0.29) is 12.1 Å². The monoisotopic (exact) mass is 449 g/mol. The topological polar surface area (TPSA) is 65.1 Å². The maximum absolute atomic E-state index is 13.6. The minimum Gasteiger partial charge on any atom is -0.312 e. The Morgan fingerprint density at radius 2 is 1.78 bits per heavy atom. The molecule has 164 valence electrons. The Morgan fingerprint density at radius 3 is 2.50 bits per heavy atom. The fourth-order valence-electron chi connectivity index (χ4n) is 4.38. The molecule has 0 spiro atoms. The largest absolute Gasteiger partial charge is 0.332 e. The fourth-order valence-corrected chi connectivity index (χ4v) is 4.58. The number of rotatable bonds is 3. The summed E-state index contributed by atoms with van der Waals surface area (Å²) in [5.41, 5.74) is 3.00. The first-order valence-electron chi connectivity index (χ1n) is 10.6. The summed E-state index contributed by atoms with van der Waals surface area (Å²) < 4.78 is 4.65. The fraction of sp³-hybridized carbons (Fsp3) is 0.292. The molecule has 0 unspecified atom stereocenters. The van der Waals surface area contributed by atoms with Crippen LogP contribution in [-0.2, 0) is 20.1 Å². The number of aromatic nitrogens is 4. The average molecular weight is 450 g/mol. The molecule has 2 aromatic carbocycles. The smallest absolute Gasteiger partial charge is 0.312 e. The van der Waals surface area contributed by atoms with Gasteiger partial charge in [-0.25, -0.2) is 4.79 Å². The normalized spacial score (nSPS) is 15.9. The molecule has 2 aromatic heterocycles. The number of hydrogen-bond acceptors (Lipinski definition) is 4. The highest BCUT2D eigenvalue weighted by atomic mass is 35.5. The van der Waals surface area contributed by atoms with Gasteiger partial charge in [0.15, 0.2) is 11.2 Å². The number of benzene rings is 2. The van der Waals surface area contributed by atoms with E-state index in [0.717, 1.165) is 17.8 Å². The van der Waals surface area contributed by atoms with E-state index in [1.54, 1.807) is 13.1 Å². The van der Waals surface area contributed by atoms with Gasteiger partial charge in [0.25, 0.3) is 5.56 Å². The maximum Gasteiger partial charge on any atom is 0.332 e. The summed E-state index contributed by atoms with van der Waals surface area (Å²) in [6.07, 6.45) is 0. The second kappa shape index (κ2) is 7.67. The van der Waals surface area contributed by atoms with Crippen molar-refractivity contribution < 1.29 is 0 Å². The molecule has 0 saturated carbocycles. The lowest BCUT2D eigenvalue weighted by atomic mass is 10.1. The van der Waals surface area contributed by atoms with Gasteiger partial charge < -0.3 is 9.47 Å². The van der Waals surface area contributed by atoms with Gasteiger partial charge in [-0.05, 0) is 36.6 Å². The summed E-state index contributed by atoms with van der Waals surface area (Å²) in [5.74, 6) is 0.986. The van der Waals surface area contributed by atoms with Crippen molar-refractivity contribution in [1.29, 1.82) is 0 Å². The number of fused-ring (bicyclic) bond motifs is 3. The van der Waals surface area contributed by atoms with Crippen molar-refractivity contribution in [3.8, 4) is 0 Å². The van der Waals surface area contributed by atoms with Crippen LogP contribution in [0.15, 0.2) is 58.1 Å². The van der Waals surface area contributed by atoms with E-state index in [2.05, 4.69) is 43.0 Å². The van der Waals surface area contributed by atoms with E-state index in [9.17, 15) is 9.59 Å². The van der Waals surface area contributed by atoms with Crippen molar-refractivity contribution in [3.05, 3.63) is 85.5 Å². The molecule has 3 heterocycles. The first-order chi connectivity index (χ1) is 15.3. The summed E-state index contributed by atoms with van der Waals surface area (Å²) in [5, 5.41) is 0.524. The quantitative estimate of drug-likeness (QED) is 0.478. The molecule has 0 saturated heterocycles. The molecule has 5 rings (SSSR count). The number of anilines is 2. The molecule has 1 aliphatic rings. The van der Waals surface area contributed by atoms with Gasteiger partial charge >= 0.3 is 5.69 Å². The first-order valence-corrected chi connectivity index (χ1v) is 11.0. The lowest BCUT2D eigenvalue weighted by Crippen LogP contribution is -2.40. The third-order valence-corrected chi connectivity index (χ3v) is 6.44. The standard InChI is InChI=1S/C24H24ClN5O2/c1-15-8-10-18(11-9-15)28-12-16(2)13-29-20-21(26-23(28)29)27(3)24(32)30(22(20)31)14-17-6-4-5-7-19(17)25/h4-11,16H,12-14H2,1-3H3/t16-/m0/s1. The third kappa shape index (κ3) is 3.24. The molecular weight excluding hydrogens is 426 g/mol. The summed E-state index contributed by atoms with van der Waals surface area (Å²) in [6, 6.07) is 15.5. The summed E-state index contributed by atoms with van der Waals surface area (Å²) >= 11 is 6.30. The highest BCUT2D eigenvalue weighted by molar-refractivity contribution is 6.31. The van der Waals surface area contributed by atoms with E-state index in [4.69, 9.17) is 16.6 Å². The summed E-state index contributed by atoms with van der Waals surface area (Å²) in [4.78, 5) is 33.6. The zero-order chi connectivity index (χ0) is 22.6. The van der Waals surface area contributed by atoms with E-state index in [0.29, 0.717) is 34.6 Å². The SMILES string of the molecule is Cc1ccc(N2C[C@H](C)Cn3c2nc2c3c(=O)n(Cc3ccccc3Cl)c(=O)n2C)cc1. The predicted molar refractivity (Wildman–Crippen MR) is 127 cm³/mol. The second-order valence-electron chi connectivity index (χ2n) is 8.57. The van der Waals surface area contributed by atoms with Gasteiger partial charge in [0.2, 0.25) is 5.95 Å². The predicted octanol–water partition coefficient (Wildman–Crippen LogP) is 3.69. The number of halogens is 1. The molecule has 0 aliphatic carbocycles. The first kappa shape index (κ1) is 20.6. The molecule has 4 aromatic rings. The molecule has 8 heteroatoms. The Kier molecular flexibility index (Phi) is 4.93. The summed E-state index contributed by atoms with van der Waals surface area (Å²) in [7, 11) is 1.66. The minimum atomic E-state index is -0.409. The van der Waals surface area contributed by atoms with Crippen molar-refractivity contribution in [2.45, 2.75) is 26.9 Å². The molecule has 32 heavy (non-hydrogen) atoms. The van der Waals surface area contributed by atoms with Crippen LogP contribution in [0.4, 0.5) is 11.6 Å². The Bertz CT molecular complexity index is 1450. The van der Waals surface area contributed by atoms with Crippen LogP contribution in [-0.4, -0.2) is 25.2 Å². The Balaban J connectivity index is 1.73. The average Bonchev–Trinajstić information content (AvgIpc) is 3.16. The number of imidazole rings is 1. The van der Waals surface area contributed by atoms with E-state index in [1.807, 2.05) is 22.8 Å². The maximum atomic E-state index is 13.6. The van der Waals surface area contributed by atoms with Crippen molar-refractivity contribution in [2.75, 3.05) is 11.4 Å². The second-order valence-corrected chi connectivity index (χ2v) is 8.98. The molecule has 0 fully saturated rings. The van der Waals surface area contributed by atoms with Crippen molar-refractivity contribution in [3.63, 3.8) is 0 Å². The Labute approximate surface area is 190 Å². The van der Waals surface area contributed by atoms with Gasteiger partial charge in [0.1, 0.15) is 0 Å². The van der Waals surface area contributed by atoms with Crippen LogP contribution in [0.5, 0.6) is 0 Å². The van der Waals surface area contributed by atoms with Crippen LogP contribution in [0.1, 0.15) is 18.1 Å². The van der Waals surface area contributed by atoms with Gasteiger partial charge in [-0.1, -0.05) is 54.4 Å². The van der Waals surface area contributed by atoms with Gasteiger partial charge in [-0.15, -0.1) is 0 Å². The van der Waals surface area contributed by atoms with Crippen LogP contribution in [0.3, 0.4) is 0 Å². The highest BCUT2D eigenvalue weighted by Crippen LogP contribution is 2.32. The highest BCUT2D eigenvalue weighted by Gasteiger charge is 2.29. The molecule has 1 atom stereocenters. The number of nitrogens with zero attached hydrogens (tertiary/aromatic N) is 5.